The number of amides is 1. The quantitative estimate of drug-likeness (QED) is 0.392. The molecule has 0 aliphatic carbocycles. The summed E-state index contributed by atoms with van der Waals surface area (Å²) in [5.41, 5.74) is 1.77. The van der Waals surface area contributed by atoms with Crippen molar-refractivity contribution in [1.82, 2.24) is 10.3 Å². The fourth-order valence-electron chi connectivity index (χ4n) is 1.43. The molecule has 0 spiro atoms. The Morgan fingerprint density at radius 3 is 2.29 bits per heavy atom. The minimum absolute atomic E-state index is 0.114. The van der Waals surface area contributed by atoms with Gasteiger partial charge in [-0.25, -0.2) is 5.84 Å². The van der Waals surface area contributed by atoms with E-state index < -0.39 is 5.41 Å². The predicted molar refractivity (Wildman–Crippen MR) is 58.5 cm³/mol. The van der Waals surface area contributed by atoms with Gasteiger partial charge in [-0.05, 0) is 34.2 Å². The van der Waals surface area contributed by atoms with Crippen LogP contribution in [0.15, 0.2) is 0 Å². The summed E-state index contributed by atoms with van der Waals surface area (Å²) in [4.78, 5) is 13.7. The van der Waals surface area contributed by atoms with Crippen LogP contribution in [0.25, 0.3) is 0 Å². The van der Waals surface area contributed by atoms with Crippen molar-refractivity contribution in [3.8, 4) is 0 Å². The van der Waals surface area contributed by atoms with Gasteiger partial charge in [0.2, 0.25) is 5.91 Å². The summed E-state index contributed by atoms with van der Waals surface area (Å²) in [6, 6.07) is 0.449. The molecule has 0 aromatic carbocycles. The van der Waals surface area contributed by atoms with Crippen LogP contribution in [0.1, 0.15) is 34.6 Å². The van der Waals surface area contributed by atoms with Gasteiger partial charge in [-0.15, -0.1) is 0 Å². The summed E-state index contributed by atoms with van der Waals surface area (Å²) in [6.45, 7) is 11.8. The number of nitrogens with zero attached hydrogens (tertiary/aromatic N) is 1. The van der Waals surface area contributed by atoms with Gasteiger partial charge in [-0.2, -0.15) is 0 Å². The Morgan fingerprint density at radius 1 is 1.50 bits per heavy atom. The van der Waals surface area contributed by atoms with E-state index in [9.17, 15) is 4.79 Å². The number of carbonyl (C=O) groups is 1. The molecule has 0 fully saturated rings. The zero-order valence-corrected chi connectivity index (χ0v) is 9.92. The zero-order valence-electron chi connectivity index (χ0n) is 9.92. The molecule has 0 aliphatic heterocycles. The summed E-state index contributed by atoms with van der Waals surface area (Å²) >= 11 is 0. The van der Waals surface area contributed by atoms with Crippen LogP contribution in [0.4, 0.5) is 0 Å². The van der Waals surface area contributed by atoms with Gasteiger partial charge in [0, 0.05) is 12.6 Å². The Labute approximate surface area is 86.8 Å². The van der Waals surface area contributed by atoms with Crippen LogP contribution in [0, 0.1) is 5.41 Å². The van der Waals surface area contributed by atoms with Crippen LogP contribution in [0.5, 0.6) is 0 Å². The predicted octanol–water partition coefficient (Wildman–Crippen LogP) is 0.733. The maximum Gasteiger partial charge on any atom is 0.240 e. The molecule has 84 valence electrons. The summed E-state index contributed by atoms with van der Waals surface area (Å²) in [6.07, 6.45) is 0. The van der Waals surface area contributed by atoms with E-state index in [2.05, 4.69) is 31.1 Å². The van der Waals surface area contributed by atoms with Gasteiger partial charge in [0.15, 0.2) is 0 Å². The fraction of sp³-hybridized carbons (Fsp3) is 0.900. The molecule has 1 amide bonds. The largest absolute Gasteiger partial charge is 0.300 e. The first-order valence-electron chi connectivity index (χ1n) is 5.10. The minimum Gasteiger partial charge on any atom is -0.300 e. The van der Waals surface area contributed by atoms with E-state index in [1.54, 1.807) is 0 Å². The highest BCUT2D eigenvalue weighted by atomic mass is 16.2. The number of carbonyl (C=O) groups excluding carboxylic acids is 1. The highest BCUT2D eigenvalue weighted by molar-refractivity contribution is 5.81. The van der Waals surface area contributed by atoms with Crippen molar-refractivity contribution in [3.05, 3.63) is 0 Å². The Bertz CT molecular complexity index is 190. The number of rotatable bonds is 5. The van der Waals surface area contributed by atoms with E-state index in [1.165, 1.54) is 0 Å². The molecule has 3 N–H and O–H groups in total. The van der Waals surface area contributed by atoms with E-state index in [0.717, 1.165) is 13.1 Å². The van der Waals surface area contributed by atoms with Gasteiger partial charge in [0.1, 0.15) is 0 Å². The molecule has 0 rings (SSSR count). The first-order chi connectivity index (χ1) is 6.35. The van der Waals surface area contributed by atoms with E-state index in [1.807, 2.05) is 13.8 Å². The minimum atomic E-state index is -0.435. The van der Waals surface area contributed by atoms with Gasteiger partial charge < -0.3 is 4.90 Å². The second kappa shape index (κ2) is 5.32. The monoisotopic (exact) mass is 201 g/mol. The Kier molecular flexibility index (Phi) is 5.08. The lowest BCUT2D eigenvalue weighted by Crippen LogP contribution is -2.48. The molecular weight excluding hydrogens is 178 g/mol. The van der Waals surface area contributed by atoms with Crippen molar-refractivity contribution in [2.75, 3.05) is 13.1 Å². The van der Waals surface area contributed by atoms with Crippen molar-refractivity contribution in [1.29, 1.82) is 0 Å². The zero-order chi connectivity index (χ0) is 11.4. The summed E-state index contributed by atoms with van der Waals surface area (Å²) in [5, 5.41) is 0. The average molecular weight is 201 g/mol. The van der Waals surface area contributed by atoms with Crippen LogP contribution >= 0.6 is 0 Å². The van der Waals surface area contributed by atoms with Crippen LogP contribution in [0.3, 0.4) is 0 Å². The van der Waals surface area contributed by atoms with Gasteiger partial charge in [-0.1, -0.05) is 6.92 Å². The van der Waals surface area contributed by atoms with Crippen LogP contribution in [0.2, 0.25) is 0 Å². The second-order valence-corrected chi connectivity index (χ2v) is 4.51. The number of nitrogens with two attached hydrogens (primary N) is 1. The Morgan fingerprint density at radius 2 is 2.00 bits per heavy atom. The van der Waals surface area contributed by atoms with E-state index in [4.69, 9.17) is 5.84 Å². The summed E-state index contributed by atoms with van der Waals surface area (Å²) in [5.74, 6) is 5.02. The SMILES string of the molecule is CCN(CC(C)(C)C(=O)NN)C(C)C. The molecule has 0 heterocycles. The maximum atomic E-state index is 11.4. The molecule has 4 heteroatoms. The summed E-state index contributed by atoms with van der Waals surface area (Å²) < 4.78 is 0. The normalized spacial score (nSPS) is 12.3. The molecule has 14 heavy (non-hydrogen) atoms. The maximum absolute atomic E-state index is 11.4. The molecule has 4 nitrogen and oxygen atoms in total. The fourth-order valence-corrected chi connectivity index (χ4v) is 1.43. The highest BCUT2D eigenvalue weighted by Crippen LogP contribution is 2.18. The van der Waals surface area contributed by atoms with Crippen LogP contribution in [-0.2, 0) is 4.79 Å². The smallest absolute Gasteiger partial charge is 0.240 e. The number of nitrogens with one attached hydrogen (secondary N) is 1. The molecule has 0 aromatic heterocycles. The van der Waals surface area contributed by atoms with Crippen molar-refractivity contribution in [2.24, 2.45) is 11.3 Å². The van der Waals surface area contributed by atoms with Crippen molar-refractivity contribution in [3.63, 3.8) is 0 Å². The first kappa shape index (κ1) is 13.4. The van der Waals surface area contributed by atoms with Crippen molar-refractivity contribution < 1.29 is 4.79 Å². The topological polar surface area (TPSA) is 58.4 Å². The molecule has 0 saturated heterocycles. The Hall–Kier alpha value is -0.610. The third-order valence-corrected chi connectivity index (χ3v) is 2.48. The van der Waals surface area contributed by atoms with E-state index in [-0.39, 0.29) is 5.91 Å². The van der Waals surface area contributed by atoms with Gasteiger partial charge in [-0.3, -0.25) is 10.2 Å². The summed E-state index contributed by atoms with van der Waals surface area (Å²) in [7, 11) is 0. The molecule has 0 bridgehead atoms. The molecule has 0 unspecified atom stereocenters. The average Bonchev–Trinajstić information content (AvgIpc) is 2.12. The molecule has 0 aliphatic rings. The lowest BCUT2D eigenvalue weighted by Gasteiger charge is -2.33. The number of hydrazine groups is 1. The molecule has 0 atom stereocenters. The van der Waals surface area contributed by atoms with Gasteiger partial charge in [0.25, 0.3) is 0 Å². The van der Waals surface area contributed by atoms with Crippen LogP contribution < -0.4 is 11.3 Å². The third kappa shape index (κ3) is 3.64. The lowest BCUT2D eigenvalue weighted by molar-refractivity contribution is -0.130. The Balaban J connectivity index is 4.39. The van der Waals surface area contributed by atoms with Crippen molar-refractivity contribution in [2.45, 2.75) is 40.7 Å². The third-order valence-electron chi connectivity index (χ3n) is 2.48. The molecule has 0 aromatic rings. The van der Waals surface area contributed by atoms with Gasteiger partial charge in [0.05, 0.1) is 5.41 Å². The van der Waals surface area contributed by atoms with E-state index >= 15 is 0 Å². The first-order valence-corrected chi connectivity index (χ1v) is 5.10. The standard InChI is InChI=1S/C10H23N3O/c1-6-13(8(2)3)7-10(4,5)9(14)12-11/h8H,6-7,11H2,1-5H3,(H,12,14). The molecular formula is C10H23N3O. The number of hydrogen-bond acceptors (Lipinski definition) is 3. The van der Waals surface area contributed by atoms with E-state index in [0.29, 0.717) is 6.04 Å². The van der Waals surface area contributed by atoms with Crippen molar-refractivity contribution >= 4 is 5.91 Å². The molecule has 0 radical (unpaired) electrons. The lowest BCUT2D eigenvalue weighted by atomic mass is 9.91. The number of hydrogen-bond donors (Lipinski definition) is 2. The molecule has 0 saturated carbocycles. The second-order valence-electron chi connectivity index (χ2n) is 4.51. The van der Waals surface area contributed by atoms with Crippen LogP contribution in [-0.4, -0.2) is 29.9 Å². The highest BCUT2D eigenvalue weighted by Gasteiger charge is 2.29. The van der Waals surface area contributed by atoms with Gasteiger partial charge >= 0.3 is 0 Å².